The summed E-state index contributed by atoms with van der Waals surface area (Å²) in [5.41, 5.74) is 1.35. The molecule has 0 bridgehead atoms. The van der Waals surface area contributed by atoms with E-state index in [1.807, 2.05) is 42.5 Å². The van der Waals surface area contributed by atoms with Crippen LogP contribution in [0.2, 0.25) is 0 Å². The minimum Gasteiger partial charge on any atom is -0.368 e. The van der Waals surface area contributed by atoms with E-state index in [1.165, 1.54) is 0 Å². The largest absolute Gasteiger partial charge is 0.368 e. The van der Waals surface area contributed by atoms with Crippen molar-refractivity contribution in [2.75, 3.05) is 5.32 Å². The van der Waals surface area contributed by atoms with E-state index in [9.17, 15) is 5.11 Å². The molecule has 0 spiro atoms. The van der Waals surface area contributed by atoms with Crippen LogP contribution in [-0.4, -0.2) is 25.6 Å². The average molecular weight is 278 g/mol. The summed E-state index contributed by atoms with van der Waals surface area (Å²) in [4.78, 5) is 4.28. The van der Waals surface area contributed by atoms with Gasteiger partial charge in [-0.15, -0.1) is 5.10 Å². The Labute approximate surface area is 121 Å². The van der Waals surface area contributed by atoms with Crippen molar-refractivity contribution in [1.29, 1.82) is 0 Å². The summed E-state index contributed by atoms with van der Waals surface area (Å²) >= 11 is 0. The highest BCUT2D eigenvalue weighted by Crippen LogP contribution is 2.34. The van der Waals surface area contributed by atoms with Gasteiger partial charge >= 0.3 is 0 Å². The maximum atomic E-state index is 10.5. The normalized spacial score (nSPS) is 20.8. The lowest BCUT2D eigenvalue weighted by molar-refractivity contribution is 0.140. The summed E-state index contributed by atoms with van der Waals surface area (Å²) in [7, 11) is 0. The summed E-state index contributed by atoms with van der Waals surface area (Å²) in [5.74, 6) is 0.754. The summed E-state index contributed by atoms with van der Waals surface area (Å²) in [6, 6.07) is 13.7. The number of anilines is 1. The van der Waals surface area contributed by atoms with Crippen LogP contribution in [0.3, 0.4) is 0 Å². The van der Waals surface area contributed by atoms with Gasteiger partial charge in [-0.05, 0) is 25.1 Å². The van der Waals surface area contributed by atoms with E-state index < -0.39 is 5.72 Å². The topological polar surface area (TPSA) is 63.0 Å². The third-order valence-electron chi connectivity index (χ3n) is 3.54. The molecule has 0 unspecified atom stereocenters. The Bertz CT molecular complexity index is 849. The molecule has 1 atom stereocenters. The highest BCUT2D eigenvalue weighted by molar-refractivity contribution is 5.92. The Balaban J connectivity index is 2.01. The molecule has 104 valence electrons. The molecular formula is C16H14N4O. The molecule has 4 rings (SSSR count). The summed E-state index contributed by atoms with van der Waals surface area (Å²) < 4.78 is 1.80. The standard InChI is InChI=1S/C16H14N4O/c1-16(21)10-13(11-6-3-2-4-7-11)20-15(18-16)12-8-5-9-17-14(12)19-20/h2-10,18,21H,1H3/t16-/m1/s1. The lowest BCUT2D eigenvalue weighted by Crippen LogP contribution is -2.37. The van der Waals surface area contributed by atoms with E-state index >= 15 is 0 Å². The van der Waals surface area contributed by atoms with Gasteiger partial charge in [-0.2, -0.15) is 0 Å². The van der Waals surface area contributed by atoms with Crippen LogP contribution in [0.5, 0.6) is 0 Å². The lowest BCUT2D eigenvalue weighted by Gasteiger charge is -2.29. The zero-order valence-corrected chi connectivity index (χ0v) is 11.5. The molecule has 0 saturated carbocycles. The SMILES string of the molecule is C[C@@]1(O)C=C(c2ccccc2)n2nc3ncccc3c2N1. The highest BCUT2D eigenvalue weighted by atomic mass is 16.3. The van der Waals surface area contributed by atoms with E-state index in [1.54, 1.807) is 23.9 Å². The lowest BCUT2D eigenvalue weighted by atomic mass is 10.1. The number of hydrogen-bond acceptors (Lipinski definition) is 4. The molecule has 3 aromatic rings. The van der Waals surface area contributed by atoms with Crippen molar-refractivity contribution >= 4 is 22.5 Å². The minimum absolute atomic E-state index is 0.652. The summed E-state index contributed by atoms with van der Waals surface area (Å²) in [5, 5.41) is 19.0. The molecule has 1 aliphatic heterocycles. The molecule has 0 saturated heterocycles. The summed E-state index contributed by atoms with van der Waals surface area (Å²) in [6.07, 6.45) is 3.48. The van der Waals surface area contributed by atoms with Crippen molar-refractivity contribution in [2.45, 2.75) is 12.6 Å². The van der Waals surface area contributed by atoms with Crippen molar-refractivity contribution in [3.63, 3.8) is 0 Å². The van der Waals surface area contributed by atoms with Gasteiger partial charge in [0, 0.05) is 11.8 Å². The fourth-order valence-electron chi connectivity index (χ4n) is 2.63. The maximum absolute atomic E-state index is 10.5. The molecule has 0 aliphatic carbocycles. The van der Waals surface area contributed by atoms with E-state index in [-0.39, 0.29) is 0 Å². The van der Waals surface area contributed by atoms with Gasteiger partial charge in [-0.3, -0.25) is 0 Å². The zero-order valence-electron chi connectivity index (χ0n) is 11.5. The average Bonchev–Trinajstić information content (AvgIpc) is 2.85. The van der Waals surface area contributed by atoms with Gasteiger partial charge in [0.15, 0.2) is 11.4 Å². The molecular weight excluding hydrogens is 264 g/mol. The monoisotopic (exact) mass is 278 g/mol. The molecule has 2 N–H and O–H groups in total. The molecule has 0 radical (unpaired) electrons. The van der Waals surface area contributed by atoms with Crippen LogP contribution in [0, 0.1) is 0 Å². The third-order valence-corrected chi connectivity index (χ3v) is 3.54. The predicted molar refractivity (Wildman–Crippen MR) is 81.6 cm³/mol. The van der Waals surface area contributed by atoms with Crippen LogP contribution >= 0.6 is 0 Å². The summed E-state index contributed by atoms with van der Waals surface area (Å²) in [6.45, 7) is 1.72. The molecule has 1 aliphatic rings. The van der Waals surface area contributed by atoms with Crippen LogP contribution in [-0.2, 0) is 0 Å². The van der Waals surface area contributed by atoms with Crippen molar-refractivity contribution in [1.82, 2.24) is 14.8 Å². The van der Waals surface area contributed by atoms with Crippen molar-refractivity contribution < 1.29 is 5.11 Å². The number of fused-ring (bicyclic) bond motifs is 3. The Hall–Kier alpha value is -2.66. The second-order valence-electron chi connectivity index (χ2n) is 5.30. The molecule has 21 heavy (non-hydrogen) atoms. The van der Waals surface area contributed by atoms with Gasteiger partial charge in [-0.25, -0.2) is 9.67 Å². The van der Waals surface area contributed by atoms with Crippen LogP contribution in [0.25, 0.3) is 16.7 Å². The van der Waals surface area contributed by atoms with E-state index in [2.05, 4.69) is 15.4 Å². The quantitative estimate of drug-likeness (QED) is 0.717. The van der Waals surface area contributed by atoms with Crippen LogP contribution in [0.4, 0.5) is 5.82 Å². The van der Waals surface area contributed by atoms with Crippen molar-refractivity contribution in [3.8, 4) is 0 Å². The van der Waals surface area contributed by atoms with Crippen molar-refractivity contribution in [3.05, 3.63) is 60.3 Å². The molecule has 3 heterocycles. The van der Waals surface area contributed by atoms with Crippen LogP contribution < -0.4 is 5.32 Å². The first-order valence-corrected chi connectivity index (χ1v) is 6.77. The van der Waals surface area contributed by atoms with E-state index in [0.717, 1.165) is 22.5 Å². The first kappa shape index (κ1) is 12.1. The number of aromatic nitrogens is 3. The molecule has 5 nitrogen and oxygen atoms in total. The Morgan fingerprint density at radius 2 is 1.95 bits per heavy atom. The Morgan fingerprint density at radius 3 is 2.76 bits per heavy atom. The van der Waals surface area contributed by atoms with Gasteiger partial charge in [0.1, 0.15) is 5.82 Å². The van der Waals surface area contributed by atoms with Gasteiger partial charge in [0.05, 0.1) is 11.1 Å². The number of rotatable bonds is 1. The van der Waals surface area contributed by atoms with E-state index in [0.29, 0.717) is 5.65 Å². The number of nitrogens with zero attached hydrogens (tertiary/aromatic N) is 3. The number of hydrogen-bond donors (Lipinski definition) is 2. The predicted octanol–water partition coefficient (Wildman–Crippen LogP) is 2.45. The fraction of sp³-hybridized carbons (Fsp3) is 0.125. The molecule has 2 aromatic heterocycles. The van der Waals surface area contributed by atoms with Crippen LogP contribution in [0.15, 0.2) is 54.7 Å². The number of benzene rings is 1. The first-order chi connectivity index (χ1) is 10.1. The molecule has 0 amide bonds. The van der Waals surface area contributed by atoms with Gasteiger partial charge < -0.3 is 10.4 Å². The third kappa shape index (κ3) is 1.90. The van der Waals surface area contributed by atoms with Crippen LogP contribution in [0.1, 0.15) is 12.5 Å². The van der Waals surface area contributed by atoms with Crippen molar-refractivity contribution in [2.24, 2.45) is 0 Å². The minimum atomic E-state index is -1.13. The zero-order chi connectivity index (χ0) is 14.4. The molecule has 1 aromatic carbocycles. The Morgan fingerprint density at radius 1 is 1.14 bits per heavy atom. The number of pyridine rings is 1. The second kappa shape index (κ2) is 4.17. The van der Waals surface area contributed by atoms with Gasteiger partial charge in [-0.1, -0.05) is 30.3 Å². The molecule has 5 heteroatoms. The van der Waals surface area contributed by atoms with E-state index in [4.69, 9.17) is 0 Å². The maximum Gasteiger partial charge on any atom is 0.183 e. The molecule has 0 fully saturated rings. The number of aliphatic hydroxyl groups is 1. The highest BCUT2D eigenvalue weighted by Gasteiger charge is 2.29. The fourth-order valence-corrected chi connectivity index (χ4v) is 2.63. The second-order valence-corrected chi connectivity index (χ2v) is 5.30. The smallest absolute Gasteiger partial charge is 0.183 e. The van der Waals surface area contributed by atoms with Gasteiger partial charge in [0.2, 0.25) is 0 Å². The number of nitrogens with one attached hydrogen (secondary N) is 1. The Kier molecular flexibility index (Phi) is 2.40. The first-order valence-electron chi connectivity index (χ1n) is 6.77. The van der Waals surface area contributed by atoms with Gasteiger partial charge in [0.25, 0.3) is 0 Å².